The highest BCUT2D eigenvalue weighted by molar-refractivity contribution is 5.02. The standard InChI is InChI=1S/C21H34O2/c1-5-7-12-18(14-8-11-16(3)4)21(23)20-17(10-6-2)13-9-15-19(20)22/h6,8,11,16-23H,2,9-10,12-15H2,1,3-4H3/b11-8+/t17?,18-,19-,20?,21?/m0/s1. The Balaban J connectivity index is 2.86. The van der Waals surface area contributed by atoms with Gasteiger partial charge in [-0.25, -0.2) is 0 Å². The van der Waals surface area contributed by atoms with Gasteiger partial charge in [-0.1, -0.05) is 38.5 Å². The van der Waals surface area contributed by atoms with Gasteiger partial charge in [0, 0.05) is 12.3 Å². The number of hydrogen-bond donors (Lipinski definition) is 2. The summed E-state index contributed by atoms with van der Waals surface area (Å²) in [5.41, 5.74) is 0. The number of hydrogen-bond acceptors (Lipinski definition) is 2. The molecule has 0 aromatic rings. The maximum absolute atomic E-state index is 11.0. The predicted molar refractivity (Wildman–Crippen MR) is 97.8 cm³/mol. The van der Waals surface area contributed by atoms with Gasteiger partial charge in [-0.15, -0.1) is 18.4 Å². The molecule has 1 rings (SSSR count). The molecule has 3 unspecified atom stereocenters. The molecule has 23 heavy (non-hydrogen) atoms. The van der Waals surface area contributed by atoms with E-state index in [4.69, 9.17) is 0 Å². The lowest BCUT2D eigenvalue weighted by Crippen LogP contribution is -2.44. The summed E-state index contributed by atoms with van der Waals surface area (Å²) in [6.45, 7) is 9.98. The SMILES string of the molecule is C=CCC1CCC[C@H](O)C1C(O)[C@@H](CC#CC)C/C=C/C(C)C. The molecule has 2 heteroatoms. The molecular weight excluding hydrogens is 284 g/mol. The van der Waals surface area contributed by atoms with Crippen molar-refractivity contribution >= 4 is 0 Å². The molecular formula is C21H34O2. The zero-order valence-corrected chi connectivity index (χ0v) is 15.0. The van der Waals surface area contributed by atoms with Gasteiger partial charge in [0.05, 0.1) is 12.2 Å². The van der Waals surface area contributed by atoms with E-state index in [2.05, 4.69) is 44.4 Å². The fraction of sp³-hybridized carbons (Fsp3) is 0.714. The van der Waals surface area contributed by atoms with Crippen molar-refractivity contribution < 1.29 is 10.2 Å². The second kappa shape index (κ2) is 10.7. The van der Waals surface area contributed by atoms with Crippen molar-refractivity contribution in [2.24, 2.45) is 23.7 Å². The van der Waals surface area contributed by atoms with Crippen LogP contribution < -0.4 is 0 Å². The average molecular weight is 319 g/mol. The number of aliphatic hydroxyl groups is 2. The Morgan fingerprint density at radius 1 is 1.30 bits per heavy atom. The molecule has 1 aliphatic rings. The molecule has 0 aliphatic heterocycles. The minimum Gasteiger partial charge on any atom is -0.393 e. The fourth-order valence-electron chi connectivity index (χ4n) is 3.70. The van der Waals surface area contributed by atoms with Gasteiger partial charge in [0.25, 0.3) is 0 Å². The lowest BCUT2D eigenvalue weighted by atomic mass is 9.69. The lowest BCUT2D eigenvalue weighted by Gasteiger charge is -2.40. The Kier molecular flexibility index (Phi) is 9.29. The van der Waals surface area contributed by atoms with Crippen LogP contribution in [0.5, 0.6) is 0 Å². The molecule has 0 amide bonds. The second-order valence-corrected chi connectivity index (χ2v) is 7.15. The molecule has 0 heterocycles. The molecule has 1 aliphatic carbocycles. The van der Waals surface area contributed by atoms with Gasteiger partial charge < -0.3 is 10.2 Å². The molecule has 0 bridgehead atoms. The molecule has 0 radical (unpaired) electrons. The van der Waals surface area contributed by atoms with Gasteiger partial charge >= 0.3 is 0 Å². The van der Waals surface area contributed by atoms with Crippen molar-refractivity contribution in [2.45, 2.75) is 71.5 Å². The van der Waals surface area contributed by atoms with E-state index in [1.165, 1.54) is 0 Å². The van der Waals surface area contributed by atoms with Crippen LogP contribution in [0.2, 0.25) is 0 Å². The number of aliphatic hydroxyl groups excluding tert-OH is 2. The maximum atomic E-state index is 11.0. The first-order chi connectivity index (χ1) is 11.0. The molecule has 0 spiro atoms. The lowest BCUT2D eigenvalue weighted by molar-refractivity contribution is -0.0654. The Morgan fingerprint density at radius 2 is 2.04 bits per heavy atom. The van der Waals surface area contributed by atoms with Crippen molar-refractivity contribution in [2.75, 3.05) is 0 Å². The maximum Gasteiger partial charge on any atom is 0.0636 e. The third kappa shape index (κ3) is 6.53. The second-order valence-electron chi connectivity index (χ2n) is 7.15. The molecule has 1 saturated carbocycles. The zero-order valence-electron chi connectivity index (χ0n) is 15.0. The van der Waals surface area contributed by atoms with Gasteiger partial charge in [-0.3, -0.25) is 0 Å². The Morgan fingerprint density at radius 3 is 2.65 bits per heavy atom. The molecule has 5 atom stereocenters. The quantitative estimate of drug-likeness (QED) is 0.516. The van der Waals surface area contributed by atoms with Gasteiger partial charge in [0.1, 0.15) is 0 Å². The van der Waals surface area contributed by atoms with E-state index >= 15 is 0 Å². The van der Waals surface area contributed by atoms with E-state index in [-0.39, 0.29) is 11.8 Å². The fourth-order valence-corrected chi connectivity index (χ4v) is 3.70. The van der Waals surface area contributed by atoms with Crippen LogP contribution in [0.1, 0.15) is 59.3 Å². The van der Waals surface area contributed by atoms with Gasteiger partial charge in [-0.2, -0.15) is 0 Å². The van der Waals surface area contributed by atoms with Crippen molar-refractivity contribution in [3.63, 3.8) is 0 Å². The van der Waals surface area contributed by atoms with Crippen molar-refractivity contribution in [1.82, 2.24) is 0 Å². The van der Waals surface area contributed by atoms with Gasteiger partial charge in [0.15, 0.2) is 0 Å². The van der Waals surface area contributed by atoms with E-state index in [0.717, 1.165) is 32.1 Å². The van der Waals surface area contributed by atoms with Crippen LogP contribution >= 0.6 is 0 Å². The van der Waals surface area contributed by atoms with Crippen LogP contribution in [0, 0.1) is 35.5 Å². The summed E-state index contributed by atoms with van der Waals surface area (Å²) in [7, 11) is 0. The van der Waals surface area contributed by atoms with Crippen molar-refractivity contribution in [3.8, 4) is 11.8 Å². The highest BCUT2D eigenvalue weighted by Gasteiger charge is 2.39. The predicted octanol–water partition coefficient (Wildman–Crippen LogP) is 4.33. The van der Waals surface area contributed by atoms with Crippen LogP contribution in [0.3, 0.4) is 0 Å². The third-order valence-corrected chi connectivity index (χ3v) is 4.91. The van der Waals surface area contributed by atoms with E-state index < -0.39 is 12.2 Å². The molecule has 0 aromatic heterocycles. The number of rotatable bonds is 8. The monoisotopic (exact) mass is 318 g/mol. The average Bonchev–Trinajstić information content (AvgIpc) is 2.50. The topological polar surface area (TPSA) is 40.5 Å². The molecule has 1 fully saturated rings. The van der Waals surface area contributed by atoms with Crippen molar-refractivity contribution in [1.29, 1.82) is 0 Å². The molecule has 130 valence electrons. The minimum absolute atomic E-state index is 0.0575. The van der Waals surface area contributed by atoms with E-state index in [1.807, 2.05) is 13.0 Å². The third-order valence-electron chi connectivity index (χ3n) is 4.91. The molecule has 0 saturated heterocycles. The molecule has 2 nitrogen and oxygen atoms in total. The zero-order chi connectivity index (χ0) is 17.2. The van der Waals surface area contributed by atoms with E-state index in [9.17, 15) is 10.2 Å². The Bertz CT molecular complexity index is 427. The van der Waals surface area contributed by atoms with Gasteiger partial charge in [0.2, 0.25) is 0 Å². The van der Waals surface area contributed by atoms with Crippen LogP contribution in [0.25, 0.3) is 0 Å². The van der Waals surface area contributed by atoms with Crippen molar-refractivity contribution in [3.05, 3.63) is 24.8 Å². The first kappa shape index (κ1) is 20.0. The van der Waals surface area contributed by atoms with Crippen LogP contribution in [0.15, 0.2) is 24.8 Å². The summed E-state index contributed by atoms with van der Waals surface area (Å²) in [5.74, 6) is 6.93. The normalized spacial score (nSPS) is 27.5. The summed E-state index contributed by atoms with van der Waals surface area (Å²) >= 11 is 0. The number of allylic oxidation sites excluding steroid dienone is 3. The first-order valence-electron chi connectivity index (χ1n) is 9.04. The smallest absolute Gasteiger partial charge is 0.0636 e. The van der Waals surface area contributed by atoms with Crippen LogP contribution in [-0.2, 0) is 0 Å². The van der Waals surface area contributed by atoms with Crippen LogP contribution in [-0.4, -0.2) is 22.4 Å². The summed E-state index contributed by atoms with van der Waals surface area (Å²) in [6.07, 6.45) is 10.6. The van der Waals surface area contributed by atoms with E-state index in [0.29, 0.717) is 18.3 Å². The summed E-state index contributed by atoms with van der Waals surface area (Å²) in [6, 6.07) is 0. The highest BCUT2D eigenvalue weighted by atomic mass is 16.3. The Labute approximate surface area is 142 Å². The molecule has 0 aromatic carbocycles. The van der Waals surface area contributed by atoms with Gasteiger partial charge in [-0.05, 0) is 50.4 Å². The summed E-state index contributed by atoms with van der Waals surface area (Å²) in [5, 5.41) is 21.5. The Hall–Kier alpha value is -1.04. The van der Waals surface area contributed by atoms with Crippen LogP contribution in [0.4, 0.5) is 0 Å². The largest absolute Gasteiger partial charge is 0.393 e. The summed E-state index contributed by atoms with van der Waals surface area (Å²) in [4.78, 5) is 0. The van der Waals surface area contributed by atoms with E-state index in [1.54, 1.807) is 0 Å². The highest BCUT2D eigenvalue weighted by Crippen LogP contribution is 2.38. The minimum atomic E-state index is -0.507. The molecule has 2 N–H and O–H groups in total. The summed E-state index contributed by atoms with van der Waals surface area (Å²) < 4.78 is 0. The first-order valence-corrected chi connectivity index (χ1v) is 9.04.